The van der Waals surface area contributed by atoms with Gasteiger partial charge in [-0.2, -0.15) is 5.10 Å². The number of imidazole rings is 1. The molecule has 1 aliphatic carbocycles. The van der Waals surface area contributed by atoms with Crippen LogP contribution in [0.15, 0.2) is 30.7 Å². The van der Waals surface area contributed by atoms with Crippen LogP contribution in [-0.4, -0.2) is 31.4 Å². The molecule has 2 aliphatic rings. The molecule has 3 aromatic rings. The molecule has 0 radical (unpaired) electrons. The maximum Gasteiger partial charge on any atom is 0.174 e. The van der Waals surface area contributed by atoms with Crippen LogP contribution in [0, 0.1) is 12.8 Å². The fourth-order valence-electron chi connectivity index (χ4n) is 4.15. The van der Waals surface area contributed by atoms with Crippen LogP contribution in [0.3, 0.4) is 0 Å². The van der Waals surface area contributed by atoms with Gasteiger partial charge in [0.1, 0.15) is 11.6 Å². The number of hydrogen-bond donors (Lipinski definition) is 0. The van der Waals surface area contributed by atoms with Crippen LogP contribution in [0.25, 0.3) is 17.8 Å². The molecule has 28 heavy (non-hydrogen) atoms. The van der Waals surface area contributed by atoms with Gasteiger partial charge in [0, 0.05) is 18.7 Å². The van der Waals surface area contributed by atoms with Gasteiger partial charge in [-0.25, -0.2) is 14.6 Å². The summed E-state index contributed by atoms with van der Waals surface area (Å²) in [6, 6.07) is 6.16. The molecule has 3 heterocycles. The first kappa shape index (κ1) is 17.2. The minimum atomic E-state index is 0.612. The fraction of sp³-hybridized carbons (Fsp3) is 0.409. The number of fused-ring (bicyclic) bond motifs is 1. The van der Waals surface area contributed by atoms with E-state index in [1.165, 1.54) is 31.5 Å². The van der Waals surface area contributed by atoms with Crippen molar-refractivity contribution in [1.82, 2.24) is 24.3 Å². The molecule has 0 amide bonds. The summed E-state index contributed by atoms with van der Waals surface area (Å²) in [5.41, 5.74) is 3.01. The molecule has 0 spiro atoms. The molecular weight excluding hydrogens is 350 g/mol. The van der Waals surface area contributed by atoms with Crippen LogP contribution in [0.4, 0.5) is 0 Å². The average Bonchev–Trinajstić information content (AvgIpc) is 3.33. The van der Waals surface area contributed by atoms with Crippen LogP contribution in [0.5, 0.6) is 5.75 Å². The molecule has 6 heteroatoms. The van der Waals surface area contributed by atoms with Crippen molar-refractivity contribution in [3.05, 3.63) is 53.6 Å². The highest BCUT2D eigenvalue weighted by Crippen LogP contribution is 2.46. The summed E-state index contributed by atoms with van der Waals surface area (Å²) in [5, 5.41) is 4.71. The van der Waals surface area contributed by atoms with Gasteiger partial charge in [-0.05, 0) is 62.3 Å². The third-order valence-electron chi connectivity index (χ3n) is 5.74. The van der Waals surface area contributed by atoms with E-state index in [0.717, 1.165) is 41.0 Å². The average molecular weight is 375 g/mol. The van der Waals surface area contributed by atoms with Gasteiger partial charge in [-0.1, -0.05) is 12.1 Å². The van der Waals surface area contributed by atoms with Gasteiger partial charge in [-0.15, -0.1) is 0 Å². The Hall–Kier alpha value is -2.89. The number of ether oxygens (including phenoxy) is 1. The minimum absolute atomic E-state index is 0.612. The van der Waals surface area contributed by atoms with Gasteiger partial charge >= 0.3 is 0 Å². The summed E-state index contributed by atoms with van der Waals surface area (Å²) >= 11 is 0. The molecule has 0 N–H and O–H groups in total. The summed E-state index contributed by atoms with van der Waals surface area (Å²) in [7, 11) is 1.69. The molecule has 0 bridgehead atoms. The lowest BCUT2D eigenvalue weighted by Crippen LogP contribution is -2.18. The van der Waals surface area contributed by atoms with Gasteiger partial charge in [0.05, 0.1) is 24.8 Å². The Morgan fingerprint density at radius 2 is 2.07 bits per heavy atom. The number of aryl methyl sites for hydroxylation is 2. The fourth-order valence-corrected chi connectivity index (χ4v) is 4.15. The molecule has 1 aromatic carbocycles. The van der Waals surface area contributed by atoms with Crippen molar-refractivity contribution in [3.63, 3.8) is 0 Å². The summed E-state index contributed by atoms with van der Waals surface area (Å²) in [5.74, 6) is 4.25. The van der Waals surface area contributed by atoms with Crippen molar-refractivity contribution < 1.29 is 4.74 Å². The molecule has 5 rings (SSSR count). The third-order valence-corrected chi connectivity index (χ3v) is 5.74. The van der Waals surface area contributed by atoms with E-state index >= 15 is 0 Å². The van der Waals surface area contributed by atoms with Crippen molar-refractivity contribution in [1.29, 1.82) is 0 Å². The van der Waals surface area contributed by atoms with E-state index < -0.39 is 0 Å². The first-order chi connectivity index (χ1) is 13.7. The van der Waals surface area contributed by atoms with E-state index in [1.54, 1.807) is 13.4 Å². The number of nitrogens with zero attached hydrogens (tertiary/aromatic N) is 5. The lowest BCUT2D eigenvalue weighted by molar-refractivity contribution is 0.389. The van der Waals surface area contributed by atoms with Gasteiger partial charge in [0.25, 0.3) is 0 Å². The molecular formula is C22H25N5O. The SMILES string of the molecule is COc1cc(C=Cc2nc3n(n2)CCC[C@H]3C2CC2)ccc1-n1cnc(C)c1. The number of hydrogen-bond acceptors (Lipinski definition) is 4. The Kier molecular flexibility index (Phi) is 4.26. The van der Waals surface area contributed by atoms with Gasteiger partial charge in [0.15, 0.2) is 5.82 Å². The number of rotatable bonds is 5. The van der Waals surface area contributed by atoms with Crippen LogP contribution in [0.1, 0.15) is 54.5 Å². The van der Waals surface area contributed by atoms with Crippen LogP contribution in [-0.2, 0) is 6.54 Å². The summed E-state index contributed by atoms with van der Waals surface area (Å²) in [6.45, 7) is 2.97. The first-order valence-corrected chi connectivity index (χ1v) is 10.0. The second-order valence-corrected chi connectivity index (χ2v) is 7.82. The Labute approximate surface area is 164 Å². The van der Waals surface area contributed by atoms with Crippen molar-refractivity contribution >= 4 is 12.2 Å². The molecule has 1 atom stereocenters. The Morgan fingerprint density at radius 1 is 1.18 bits per heavy atom. The van der Waals surface area contributed by atoms with Crippen molar-refractivity contribution in [2.24, 2.45) is 5.92 Å². The standard InChI is InChI=1S/C22H25N5O/c1-15-13-26(14-23-15)19-9-5-16(12-20(19)28-2)6-10-21-24-22-18(17-7-8-17)4-3-11-27(22)25-21/h5-6,9-10,12-14,17-18H,3-4,7-8,11H2,1-2H3/t18-/m0/s1. The van der Waals surface area contributed by atoms with Crippen molar-refractivity contribution in [2.75, 3.05) is 7.11 Å². The maximum absolute atomic E-state index is 5.60. The highest BCUT2D eigenvalue weighted by molar-refractivity contribution is 5.69. The molecule has 0 saturated heterocycles. The lowest BCUT2D eigenvalue weighted by atomic mass is 9.94. The van der Waals surface area contributed by atoms with E-state index in [0.29, 0.717) is 5.92 Å². The zero-order chi connectivity index (χ0) is 19.1. The van der Waals surface area contributed by atoms with Gasteiger partial charge < -0.3 is 9.30 Å². The second-order valence-electron chi connectivity index (χ2n) is 7.82. The maximum atomic E-state index is 5.60. The van der Waals surface area contributed by atoms with E-state index in [-0.39, 0.29) is 0 Å². The molecule has 1 aliphatic heterocycles. The van der Waals surface area contributed by atoms with E-state index in [1.807, 2.05) is 35.9 Å². The predicted molar refractivity (Wildman–Crippen MR) is 109 cm³/mol. The Balaban J connectivity index is 1.39. The minimum Gasteiger partial charge on any atom is -0.495 e. The molecule has 2 aromatic heterocycles. The van der Waals surface area contributed by atoms with Crippen molar-refractivity contribution in [3.8, 4) is 11.4 Å². The molecule has 1 fully saturated rings. The van der Waals surface area contributed by atoms with Crippen LogP contribution < -0.4 is 4.74 Å². The van der Waals surface area contributed by atoms with E-state index in [4.69, 9.17) is 14.8 Å². The molecule has 0 unspecified atom stereocenters. The zero-order valence-corrected chi connectivity index (χ0v) is 16.4. The summed E-state index contributed by atoms with van der Waals surface area (Å²) < 4.78 is 9.70. The van der Waals surface area contributed by atoms with E-state index in [2.05, 4.69) is 21.8 Å². The molecule has 144 valence electrons. The van der Waals surface area contributed by atoms with Gasteiger partial charge in [-0.3, -0.25) is 0 Å². The Bertz CT molecular complexity index is 1030. The first-order valence-electron chi connectivity index (χ1n) is 10.0. The van der Waals surface area contributed by atoms with Crippen LogP contribution in [0.2, 0.25) is 0 Å². The smallest absolute Gasteiger partial charge is 0.174 e. The normalized spacial score (nSPS) is 19.1. The van der Waals surface area contributed by atoms with E-state index in [9.17, 15) is 0 Å². The third kappa shape index (κ3) is 3.23. The number of aromatic nitrogens is 5. The summed E-state index contributed by atoms with van der Waals surface area (Å²) in [6.07, 6.45) is 13.0. The number of methoxy groups -OCH3 is 1. The van der Waals surface area contributed by atoms with Crippen molar-refractivity contribution in [2.45, 2.75) is 45.1 Å². The quantitative estimate of drug-likeness (QED) is 0.669. The molecule has 1 saturated carbocycles. The second kappa shape index (κ2) is 6.93. The number of benzene rings is 1. The largest absolute Gasteiger partial charge is 0.495 e. The van der Waals surface area contributed by atoms with Crippen LogP contribution >= 0.6 is 0 Å². The lowest BCUT2D eigenvalue weighted by Gasteiger charge is -2.21. The predicted octanol–water partition coefficient (Wildman–Crippen LogP) is 4.24. The molecule has 6 nitrogen and oxygen atoms in total. The Morgan fingerprint density at radius 3 is 2.82 bits per heavy atom. The highest BCUT2D eigenvalue weighted by atomic mass is 16.5. The zero-order valence-electron chi connectivity index (χ0n) is 16.4. The monoisotopic (exact) mass is 375 g/mol. The highest BCUT2D eigenvalue weighted by Gasteiger charge is 2.37. The summed E-state index contributed by atoms with van der Waals surface area (Å²) in [4.78, 5) is 9.14. The topological polar surface area (TPSA) is 57.8 Å². The van der Waals surface area contributed by atoms with Gasteiger partial charge in [0.2, 0.25) is 0 Å².